The minimum Gasteiger partial charge on any atom is -0.326 e. The van der Waals surface area contributed by atoms with Crippen molar-refractivity contribution in [3.05, 3.63) is 0 Å². The zero-order chi connectivity index (χ0) is 15.1. The lowest BCUT2D eigenvalue weighted by atomic mass is 9.87. The number of piperidine rings is 1. The Morgan fingerprint density at radius 3 is 1.76 bits per heavy atom. The lowest BCUT2D eigenvalue weighted by Crippen LogP contribution is -2.52. The molecule has 0 aromatic carbocycles. The van der Waals surface area contributed by atoms with Crippen LogP contribution in [0.15, 0.2) is 0 Å². The van der Waals surface area contributed by atoms with Crippen molar-refractivity contribution < 1.29 is 0 Å². The van der Waals surface area contributed by atoms with Crippen molar-refractivity contribution in [2.45, 2.75) is 96.6 Å². The second-order valence-electron chi connectivity index (χ2n) is 8.04. The van der Waals surface area contributed by atoms with Crippen molar-refractivity contribution in [1.29, 1.82) is 0 Å². The molecule has 1 aliphatic carbocycles. The quantitative estimate of drug-likeness (QED) is 0.767. The molecule has 1 aliphatic heterocycles. The maximum absolute atomic E-state index is 6.64. The summed E-state index contributed by atoms with van der Waals surface area (Å²) < 4.78 is 0. The van der Waals surface area contributed by atoms with Crippen LogP contribution in [0, 0.1) is 11.8 Å². The molecular formula is C19H38N2. The van der Waals surface area contributed by atoms with Crippen LogP contribution >= 0.6 is 0 Å². The van der Waals surface area contributed by atoms with Crippen LogP contribution in [0.4, 0.5) is 0 Å². The highest BCUT2D eigenvalue weighted by Gasteiger charge is 2.30. The van der Waals surface area contributed by atoms with Crippen LogP contribution in [0.5, 0.6) is 0 Å². The molecular weight excluding hydrogens is 256 g/mol. The van der Waals surface area contributed by atoms with Gasteiger partial charge in [-0.2, -0.15) is 0 Å². The predicted molar refractivity (Wildman–Crippen MR) is 92.5 cm³/mol. The summed E-state index contributed by atoms with van der Waals surface area (Å²) in [4.78, 5) is 2.76. The van der Waals surface area contributed by atoms with E-state index in [4.69, 9.17) is 5.73 Å². The normalized spacial score (nSPS) is 38.4. The highest BCUT2D eigenvalue weighted by Crippen LogP contribution is 2.27. The second kappa shape index (κ2) is 9.15. The Labute approximate surface area is 132 Å². The maximum Gasteiger partial charge on any atom is 0.0247 e. The van der Waals surface area contributed by atoms with Crippen LogP contribution in [0.2, 0.25) is 0 Å². The van der Waals surface area contributed by atoms with Gasteiger partial charge in [0.05, 0.1) is 0 Å². The van der Waals surface area contributed by atoms with Gasteiger partial charge in [0.1, 0.15) is 0 Å². The van der Waals surface area contributed by atoms with Gasteiger partial charge in [-0.3, -0.25) is 4.90 Å². The van der Waals surface area contributed by atoms with E-state index >= 15 is 0 Å². The fourth-order valence-electron chi connectivity index (χ4n) is 4.64. The number of likely N-dealkylation sites (tertiary alicyclic amines) is 1. The molecule has 2 N–H and O–H groups in total. The van der Waals surface area contributed by atoms with E-state index in [1.807, 2.05) is 0 Å². The summed E-state index contributed by atoms with van der Waals surface area (Å²) in [6, 6.07) is 1.05. The van der Waals surface area contributed by atoms with E-state index in [1.165, 1.54) is 83.7 Å². The summed E-state index contributed by atoms with van der Waals surface area (Å²) in [5, 5.41) is 0. The molecule has 21 heavy (non-hydrogen) atoms. The molecule has 2 fully saturated rings. The van der Waals surface area contributed by atoms with Crippen molar-refractivity contribution in [3.8, 4) is 0 Å². The molecule has 1 saturated carbocycles. The van der Waals surface area contributed by atoms with Crippen molar-refractivity contribution in [1.82, 2.24) is 4.90 Å². The summed E-state index contributed by atoms with van der Waals surface area (Å²) in [7, 11) is 0. The lowest BCUT2D eigenvalue weighted by Gasteiger charge is -2.42. The van der Waals surface area contributed by atoms with Gasteiger partial charge >= 0.3 is 0 Å². The van der Waals surface area contributed by atoms with Crippen molar-refractivity contribution >= 4 is 0 Å². The monoisotopic (exact) mass is 294 g/mol. The van der Waals surface area contributed by atoms with Crippen LogP contribution in [-0.4, -0.2) is 30.1 Å². The standard InChI is InChI=1S/C19H38N2/c1-16-13-17(2)15-21(14-16)19-12-10-8-6-4-3-5-7-9-11-18(19)20/h16-19H,3-15,20H2,1-2H3. The van der Waals surface area contributed by atoms with Gasteiger partial charge in [-0.1, -0.05) is 65.2 Å². The fourth-order valence-corrected chi connectivity index (χ4v) is 4.64. The van der Waals surface area contributed by atoms with Crippen LogP contribution < -0.4 is 5.73 Å². The molecule has 2 aliphatic rings. The largest absolute Gasteiger partial charge is 0.326 e. The third-order valence-corrected chi connectivity index (χ3v) is 5.65. The van der Waals surface area contributed by atoms with Gasteiger partial charge in [0, 0.05) is 25.2 Å². The predicted octanol–water partition coefficient (Wildman–Crippen LogP) is 4.57. The van der Waals surface area contributed by atoms with Crippen molar-refractivity contribution in [2.75, 3.05) is 13.1 Å². The van der Waals surface area contributed by atoms with Gasteiger partial charge in [-0.05, 0) is 31.1 Å². The summed E-state index contributed by atoms with van der Waals surface area (Å²) in [6.45, 7) is 7.40. The summed E-state index contributed by atoms with van der Waals surface area (Å²) in [5.41, 5.74) is 6.64. The second-order valence-corrected chi connectivity index (χ2v) is 8.04. The van der Waals surface area contributed by atoms with Gasteiger partial charge < -0.3 is 5.73 Å². The zero-order valence-corrected chi connectivity index (χ0v) is 14.5. The maximum atomic E-state index is 6.64. The number of nitrogens with zero attached hydrogens (tertiary/aromatic N) is 1. The molecule has 0 amide bonds. The third kappa shape index (κ3) is 5.90. The van der Waals surface area contributed by atoms with Crippen molar-refractivity contribution in [3.63, 3.8) is 0 Å². The minimum atomic E-state index is 0.405. The number of nitrogens with two attached hydrogens (primary N) is 1. The first kappa shape index (κ1) is 17.3. The molecule has 2 nitrogen and oxygen atoms in total. The molecule has 1 heterocycles. The molecule has 0 aromatic rings. The van der Waals surface area contributed by atoms with Gasteiger partial charge in [-0.25, -0.2) is 0 Å². The first-order valence-electron chi connectivity index (χ1n) is 9.66. The van der Waals surface area contributed by atoms with Crippen LogP contribution in [0.25, 0.3) is 0 Å². The number of rotatable bonds is 1. The van der Waals surface area contributed by atoms with Gasteiger partial charge in [0.2, 0.25) is 0 Å². The molecule has 4 unspecified atom stereocenters. The molecule has 124 valence electrons. The molecule has 0 spiro atoms. The third-order valence-electron chi connectivity index (χ3n) is 5.65. The average Bonchev–Trinajstić information content (AvgIpc) is 2.41. The lowest BCUT2D eigenvalue weighted by molar-refractivity contribution is 0.0738. The molecule has 1 saturated heterocycles. The molecule has 0 radical (unpaired) electrons. The Morgan fingerprint density at radius 2 is 1.19 bits per heavy atom. The van der Waals surface area contributed by atoms with Crippen LogP contribution in [-0.2, 0) is 0 Å². The number of hydrogen-bond donors (Lipinski definition) is 1. The number of hydrogen-bond acceptors (Lipinski definition) is 2. The van der Waals surface area contributed by atoms with E-state index in [2.05, 4.69) is 18.7 Å². The van der Waals surface area contributed by atoms with E-state index in [1.54, 1.807) is 0 Å². The highest BCUT2D eigenvalue weighted by molar-refractivity contribution is 4.87. The highest BCUT2D eigenvalue weighted by atomic mass is 15.2. The Kier molecular flexibility index (Phi) is 7.53. The minimum absolute atomic E-state index is 0.405. The Balaban J connectivity index is 1.93. The first-order chi connectivity index (χ1) is 10.2. The van der Waals surface area contributed by atoms with Gasteiger partial charge in [-0.15, -0.1) is 0 Å². The van der Waals surface area contributed by atoms with E-state index < -0.39 is 0 Å². The zero-order valence-electron chi connectivity index (χ0n) is 14.5. The smallest absolute Gasteiger partial charge is 0.0247 e. The van der Waals surface area contributed by atoms with E-state index in [-0.39, 0.29) is 0 Å². The molecule has 4 atom stereocenters. The summed E-state index contributed by atoms with van der Waals surface area (Å²) in [6.07, 6.45) is 15.3. The van der Waals surface area contributed by atoms with E-state index in [9.17, 15) is 0 Å². The Hall–Kier alpha value is -0.0800. The fraction of sp³-hybridized carbons (Fsp3) is 1.00. The SMILES string of the molecule is CC1CC(C)CN(C2CCCCCCCCCCC2N)C1. The van der Waals surface area contributed by atoms with Crippen LogP contribution in [0.1, 0.15) is 84.5 Å². The Bertz CT molecular complexity index is 269. The van der Waals surface area contributed by atoms with E-state index in [0.29, 0.717) is 12.1 Å². The molecule has 0 aromatic heterocycles. The molecule has 2 rings (SSSR count). The molecule has 0 bridgehead atoms. The summed E-state index contributed by atoms with van der Waals surface area (Å²) >= 11 is 0. The van der Waals surface area contributed by atoms with Gasteiger partial charge in [0.25, 0.3) is 0 Å². The average molecular weight is 295 g/mol. The van der Waals surface area contributed by atoms with Crippen LogP contribution in [0.3, 0.4) is 0 Å². The van der Waals surface area contributed by atoms with Crippen molar-refractivity contribution in [2.24, 2.45) is 17.6 Å². The summed E-state index contributed by atoms with van der Waals surface area (Å²) in [5.74, 6) is 1.70. The first-order valence-corrected chi connectivity index (χ1v) is 9.66. The molecule has 2 heteroatoms. The van der Waals surface area contributed by atoms with Gasteiger partial charge in [0.15, 0.2) is 0 Å². The topological polar surface area (TPSA) is 29.3 Å². The van der Waals surface area contributed by atoms with E-state index in [0.717, 1.165) is 11.8 Å². The Morgan fingerprint density at radius 1 is 0.714 bits per heavy atom.